The van der Waals surface area contributed by atoms with Crippen LogP contribution in [-0.2, 0) is 0 Å². The molecule has 27 heavy (non-hydrogen) atoms. The Labute approximate surface area is 152 Å². The Bertz CT molecular complexity index is 908. The molecule has 0 saturated carbocycles. The van der Waals surface area contributed by atoms with Crippen LogP contribution in [0.1, 0.15) is 20.9 Å². The van der Waals surface area contributed by atoms with E-state index in [4.69, 9.17) is 4.42 Å². The van der Waals surface area contributed by atoms with Crippen molar-refractivity contribution < 1.29 is 27.5 Å². The number of benzene rings is 2. The van der Waals surface area contributed by atoms with Crippen LogP contribution in [0.3, 0.4) is 0 Å². The lowest BCUT2D eigenvalue weighted by Crippen LogP contribution is -2.13. The second kappa shape index (κ2) is 8.13. The third kappa shape index (κ3) is 4.91. The maximum atomic E-state index is 12.2. The molecule has 8 heteroatoms. The van der Waals surface area contributed by atoms with Crippen LogP contribution in [0.4, 0.5) is 20.2 Å². The smallest absolute Gasteiger partial charge is 0.387 e. The zero-order valence-electron chi connectivity index (χ0n) is 13.8. The van der Waals surface area contributed by atoms with Crippen LogP contribution < -0.4 is 15.4 Å². The molecule has 0 aliphatic rings. The minimum Gasteiger partial charge on any atom is -0.459 e. The standard InChI is InChI=1S/C19H14F2N2O4/c20-19(21)27-15-9-3-12(4-10-15)17(24)22-13-5-7-14(8-6-13)23-18(25)16-2-1-11-26-16/h1-11,19H,(H,22,24)(H,23,25). The monoisotopic (exact) mass is 372 g/mol. The number of hydrogen-bond donors (Lipinski definition) is 2. The fourth-order valence-electron chi connectivity index (χ4n) is 2.23. The van der Waals surface area contributed by atoms with E-state index in [1.54, 1.807) is 36.4 Å². The number of nitrogens with one attached hydrogen (secondary N) is 2. The average Bonchev–Trinajstić information content (AvgIpc) is 3.18. The van der Waals surface area contributed by atoms with Gasteiger partial charge >= 0.3 is 6.61 Å². The van der Waals surface area contributed by atoms with Gasteiger partial charge < -0.3 is 19.8 Å². The summed E-state index contributed by atoms with van der Waals surface area (Å²) in [5.74, 6) is -0.640. The van der Waals surface area contributed by atoms with Crippen molar-refractivity contribution in [1.82, 2.24) is 0 Å². The van der Waals surface area contributed by atoms with Crippen LogP contribution in [0.25, 0.3) is 0 Å². The molecule has 0 saturated heterocycles. The number of alkyl halides is 2. The molecule has 2 N–H and O–H groups in total. The van der Waals surface area contributed by atoms with Gasteiger partial charge in [-0.3, -0.25) is 9.59 Å². The average molecular weight is 372 g/mol. The highest BCUT2D eigenvalue weighted by atomic mass is 19.3. The fourth-order valence-corrected chi connectivity index (χ4v) is 2.23. The van der Waals surface area contributed by atoms with E-state index in [0.29, 0.717) is 11.4 Å². The first-order chi connectivity index (χ1) is 13.0. The summed E-state index contributed by atoms with van der Waals surface area (Å²) in [4.78, 5) is 24.1. The Morgan fingerprint density at radius 2 is 1.44 bits per heavy atom. The maximum absolute atomic E-state index is 12.2. The van der Waals surface area contributed by atoms with Gasteiger partial charge in [0.1, 0.15) is 5.75 Å². The summed E-state index contributed by atoms with van der Waals surface area (Å²) in [7, 11) is 0. The van der Waals surface area contributed by atoms with Crippen LogP contribution in [-0.4, -0.2) is 18.4 Å². The summed E-state index contributed by atoms with van der Waals surface area (Å²) in [6, 6.07) is 15.0. The summed E-state index contributed by atoms with van der Waals surface area (Å²) < 4.78 is 33.5. The summed E-state index contributed by atoms with van der Waals surface area (Å²) in [6.45, 7) is -2.92. The van der Waals surface area contributed by atoms with Gasteiger partial charge in [-0.1, -0.05) is 0 Å². The third-order valence-electron chi connectivity index (χ3n) is 3.49. The number of carbonyl (C=O) groups excluding carboxylic acids is 2. The molecule has 0 radical (unpaired) electrons. The quantitative estimate of drug-likeness (QED) is 0.673. The van der Waals surface area contributed by atoms with Crippen molar-refractivity contribution in [3.8, 4) is 5.75 Å². The SMILES string of the molecule is O=C(Nc1ccc(NC(=O)c2ccco2)cc1)c1ccc(OC(F)F)cc1. The number of furan rings is 1. The normalized spacial score (nSPS) is 10.5. The van der Waals surface area contributed by atoms with E-state index < -0.39 is 12.5 Å². The summed E-state index contributed by atoms with van der Waals surface area (Å²) in [6.07, 6.45) is 1.40. The molecule has 0 atom stereocenters. The molecule has 0 aliphatic heterocycles. The maximum Gasteiger partial charge on any atom is 0.387 e. The predicted molar refractivity (Wildman–Crippen MR) is 94.1 cm³/mol. The minimum absolute atomic E-state index is 0.0294. The molecule has 0 fully saturated rings. The summed E-state index contributed by atoms with van der Waals surface area (Å²) in [5.41, 5.74) is 1.32. The first-order valence-electron chi connectivity index (χ1n) is 7.82. The molecule has 3 rings (SSSR count). The fraction of sp³-hybridized carbons (Fsp3) is 0.0526. The van der Waals surface area contributed by atoms with Crippen molar-refractivity contribution in [2.45, 2.75) is 6.61 Å². The Kier molecular flexibility index (Phi) is 5.46. The van der Waals surface area contributed by atoms with Gasteiger partial charge in [-0.15, -0.1) is 0 Å². The molecule has 0 spiro atoms. The van der Waals surface area contributed by atoms with E-state index in [9.17, 15) is 18.4 Å². The van der Waals surface area contributed by atoms with Crippen molar-refractivity contribution in [3.05, 3.63) is 78.3 Å². The van der Waals surface area contributed by atoms with Gasteiger partial charge in [0.2, 0.25) is 0 Å². The van der Waals surface area contributed by atoms with Crippen LogP contribution in [0.15, 0.2) is 71.3 Å². The van der Waals surface area contributed by atoms with Crippen molar-refractivity contribution in [2.24, 2.45) is 0 Å². The number of halogens is 2. The van der Waals surface area contributed by atoms with E-state index in [0.717, 1.165) is 0 Å². The van der Waals surface area contributed by atoms with Crippen molar-refractivity contribution >= 4 is 23.2 Å². The van der Waals surface area contributed by atoms with Gasteiger partial charge in [0.25, 0.3) is 11.8 Å². The zero-order valence-corrected chi connectivity index (χ0v) is 13.8. The van der Waals surface area contributed by atoms with E-state index in [1.165, 1.54) is 30.5 Å². The van der Waals surface area contributed by atoms with E-state index in [2.05, 4.69) is 15.4 Å². The number of carbonyl (C=O) groups is 2. The highest BCUT2D eigenvalue weighted by Crippen LogP contribution is 2.18. The zero-order chi connectivity index (χ0) is 19.2. The second-order valence-corrected chi connectivity index (χ2v) is 5.37. The largest absolute Gasteiger partial charge is 0.459 e. The van der Waals surface area contributed by atoms with Crippen molar-refractivity contribution in [3.63, 3.8) is 0 Å². The van der Waals surface area contributed by atoms with Gasteiger partial charge in [-0.05, 0) is 60.7 Å². The lowest BCUT2D eigenvalue weighted by atomic mass is 10.2. The first kappa shape index (κ1) is 18.1. The number of rotatable bonds is 6. The number of anilines is 2. The predicted octanol–water partition coefficient (Wildman–Crippen LogP) is 4.39. The Morgan fingerprint density at radius 1 is 0.852 bits per heavy atom. The first-order valence-corrected chi connectivity index (χ1v) is 7.82. The second-order valence-electron chi connectivity index (χ2n) is 5.37. The molecule has 2 aromatic carbocycles. The molecule has 2 amide bonds. The number of ether oxygens (including phenoxy) is 1. The molecule has 6 nitrogen and oxygen atoms in total. The van der Waals surface area contributed by atoms with Crippen LogP contribution in [0, 0.1) is 0 Å². The molecular weight excluding hydrogens is 358 g/mol. The summed E-state index contributed by atoms with van der Waals surface area (Å²) >= 11 is 0. The van der Waals surface area contributed by atoms with Gasteiger partial charge in [0, 0.05) is 16.9 Å². The molecular formula is C19H14F2N2O4. The van der Waals surface area contributed by atoms with Crippen LogP contribution in [0.5, 0.6) is 5.75 Å². The van der Waals surface area contributed by atoms with E-state index in [1.807, 2.05) is 0 Å². The topological polar surface area (TPSA) is 80.6 Å². The molecule has 138 valence electrons. The van der Waals surface area contributed by atoms with E-state index >= 15 is 0 Å². The van der Waals surface area contributed by atoms with Crippen LogP contribution in [0.2, 0.25) is 0 Å². The summed E-state index contributed by atoms with van der Waals surface area (Å²) in [5, 5.41) is 5.33. The Morgan fingerprint density at radius 3 is 1.96 bits per heavy atom. The van der Waals surface area contributed by atoms with Gasteiger partial charge in [0.15, 0.2) is 5.76 Å². The minimum atomic E-state index is -2.92. The Balaban J connectivity index is 1.59. The molecule has 1 heterocycles. The van der Waals surface area contributed by atoms with Crippen molar-refractivity contribution in [2.75, 3.05) is 10.6 Å². The molecule has 1 aromatic heterocycles. The number of amides is 2. The van der Waals surface area contributed by atoms with Gasteiger partial charge in [-0.25, -0.2) is 0 Å². The highest BCUT2D eigenvalue weighted by Gasteiger charge is 2.10. The van der Waals surface area contributed by atoms with E-state index in [-0.39, 0.29) is 23.0 Å². The van der Waals surface area contributed by atoms with Gasteiger partial charge in [-0.2, -0.15) is 8.78 Å². The van der Waals surface area contributed by atoms with Gasteiger partial charge in [0.05, 0.1) is 6.26 Å². The number of hydrogen-bond acceptors (Lipinski definition) is 4. The van der Waals surface area contributed by atoms with Crippen LogP contribution >= 0.6 is 0 Å². The Hall–Kier alpha value is -3.68. The molecule has 0 bridgehead atoms. The molecule has 0 unspecified atom stereocenters. The molecule has 0 aliphatic carbocycles. The lowest BCUT2D eigenvalue weighted by molar-refractivity contribution is -0.0498. The lowest BCUT2D eigenvalue weighted by Gasteiger charge is -2.08. The highest BCUT2D eigenvalue weighted by molar-refractivity contribution is 6.05. The third-order valence-corrected chi connectivity index (χ3v) is 3.49. The molecule has 3 aromatic rings. The van der Waals surface area contributed by atoms with Crippen molar-refractivity contribution in [1.29, 1.82) is 0 Å².